The lowest BCUT2D eigenvalue weighted by atomic mass is 9.86. The number of hydrogen-bond acceptors (Lipinski definition) is 8. The SMILES string of the molecule is ClCCl.Cn1nc(C(F)F)cc1S(=O)(=O)C(C)(F)C1CCCCC1.Cn1nc(C(F)F)cc1S(=O)(=O)C(C)(F)C1CCN(C(=O)OC(C)(C)C)CC1. The number of amides is 1. The highest BCUT2D eigenvalue weighted by Crippen LogP contribution is 2.42. The Hall–Kier alpha value is -2.25. The van der Waals surface area contributed by atoms with Gasteiger partial charge in [0.1, 0.15) is 17.0 Å². The van der Waals surface area contributed by atoms with Crippen molar-refractivity contribution in [2.75, 3.05) is 18.4 Å². The van der Waals surface area contributed by atoms with Crippen LogP contribution in [-0.2, 0) is 38.5 Å². The Morgan fingerprint density at radius 1 is 0.769 bits per heavy atom. The minimum absolute atomic E-state index is 0.102. The number of piperidine rings is 1. The van der Waals surface area contributed by atoms with Crippen molar-refractivity contribution in [3.63, 3.8) is 0 Å². The van der Waals surface area contributed by atoms with Crippen LogP contribution in [0.4, 0.5) is 31.1 Å². The van der Waals surface area contributed by atoms with E-state index in [9.17, 15) is 39.2 Å². The van der Waals surface area contributed by atoms with E-state index in [-0.39, 0.29) is 31.3 Å². The maximum Gasteiger partial charge on any atom is 0.410 e. The van der Waals surface area contributed by atoms with Gasteiger partial charge in [-0.3, -0.25) is 9.36 Å². The van der Waals surface area contributed by atoms with Gasteiger partial charge < -0.3 is 9.64 Å². The van der Waals surface area contributed by atoms with Crippen LogP contribution < -0.4 is 0 Å². The summed E-state index contributed by atoms with van der Waals surface area (Å²) in [5.74, 6) is -1.51. The molecule has 1 saturated carbocycles. The first kappa shape index (κ1) is 45.9. The van der Waals surface area contributed by atoms with Gasteiger partial charge in [0.15, 0.2) is 10.1 Å². The van der Waals surface area contributed by atoms with Gasteiger partial charge in [0.05, 0.1) is 5.34 Å². The molecule has 1 amide bonds. The Balaban J connectivity index is 0.000000346. The zero-order valence-corrected chi connectivity index (χ0v) is 33.2. The topological polar surface area (TPSA) is 133 Å². The summed E-state index contributed by atoms with van der Waals surface area (Å²) in [5.41, 5.74) is -2.06. The molecular weight excluding hydrogens is 787 g/mol. The predicted molar refractivity (Wildman–Crippen MR) is 183 cm³/mol. The molecule has 2 aliphatic rings. The molecular formula is C31H47Cl2F6N5O6S2. The van der Waals surface area contributed by atoms with Gasteiger partial charge in [-0.15, -0.1) is 23.2 Å². The number of aromatic nitrogens is 4. The molecule has 300 valence electrons. The first-order valence-electron chi connectivity index (χ1n) is 16.4. The van der Waals surface area contributed by atoms with Crippen molar-refractivity contribution in [3.8, 4) is 0 Å². The third-order valence-electron chi connectivity index (χ3n) is 8.97. The number of halogens is 8. The molecule has 3 heterocycles. The number of hydrogen-bond donors (Lipinski definition) is 0. The summed E-state index contributed by atoms with van der Waals surface area (Å²) in [7, 11) is -6.55. The molecule has 11 nitrogen and oxygen atoms in total. The van der Waals surface area contributed by atoms with E-state index in [1.165, 1.54) is 19.0 Å². The fourth-order valence-electron chi connectivity index (χ4n) is 6.03. The third kappa shape index (κ3) is 10.7. The summed E-state index contributed by atoms with van der Waals surface area (Å²) < 4.78 is 139. The van der Waals surface area contributed by atoms with Gasteiger partial charge in [-0.1, -0.05) is 19.3 Å². The Bertz CT molecular complexity index is 1700. The van der Waals surface area contributed by atoms with Gasteiger partial charge in [0.25, 0.3) is 12.9 Å². The summed E-state index contributed by atoms with van der Waals surface area (Å²) >= 11 is 9.53. The monoisotopic (exact) mass is 833 g/mol. The lowest BCUT2D eigenvalue weighted by molar-refractivity contribution is 0.0130. The highest BCUT2D eigenvalue weighted by Gasteiger charge is 2.51. The molecule has 0 spiro atoms. The maximum atomic E-state index is 15.5. The summed E-state index contributed by atoms with van der Waals surface area (Å²) in [5, 5.41) is 0.853. The smallest absolute Gasteiger partial charge is 0.410 e. The zero-order chi connectivity index (χ0) is 40.0. The van der Waals surface area contributed by atoms with Crippen molar-refractivity contribution in [1.82, 2.24) is 24.5 Å². The van der Waals surface area contributed by atoms with Gasteiger partial charge in [-0.2, -0.15) is 10.2 Å². The quantitative estimate of drug-likeness (QED) is 0.192. The van der Waals surface area contributed by atoms with Crippen molar-refractivity contribution in [3.05, 3.63) is 23.5 Å². The second kappa shape index (κ2) is 17.9. The minimum atomic E-state index is -4.58. The van der Waals surface area contributed by atoms with E-state index in [4.69, 9.17) is 27.9 Å². The molecule has 0 aromatic carbocycles. The Labute approximate surface area is 311 Å². The molecule has 21 heteroatoms. The fourth-order valence-corrected chi connectivity index (χ4v) is 9.53. The van der Waals surface area contributed by atoms with Crippen LogP contribution >= 0.6 is 23.2 Å². The van der Waals surface area contributed by atoms with Crippen LogP contribution in [0.25, 0.3) is 0 Å². The molecule has 2 unspecified atom stereocenters. The number of carbonyl (C=O) groups excluding carboxylic acids is 1. The van der Waals surface area contributed by atoms with Crippen molar-refractivity contribution in [1.29, 1.82) is 0 Å². The molecule has 0 radical (unpaired) electrons. The minimum Gasteiger partial charge on any atom is -0.444 e. The molecule has 1 aliphatic carbocycles. The summed E-state index contributed by atoms with van der Waals surface area (Å²) in [6.07, 6.45) is -2.66. The number of aryl methyl sites for hydroxylation is 2. The fraction of sp³-hybridized carbons (Fsp3) is 0.774. The van der Waals surface area contributed by atoms with E-state index in [1.54, 1.807) is 20.8 Å². The molecule has 2 aromatic rings. The van der Waals surface area contributed by atoms with Crippen molar-refractivity contribution < 1.29 is 52.7 Å². The maximum absolute atomic E-state index is 15.5. The second-order valence-electron chi connectivity index (χ2n) is 13.8. The Morgan fingerprint density at radius 3 is 1.42 bits per heavy atom. The third-order valence-corrected chi connectivity index (χ3v) is 13.6. The number of ether oxygens (including phenoxy) is 1. The van der Waals surface area contributed by atoms with Gasteiger partial charge >= 0.3 is 6.09 Å². The van der Waals surface area contributed by atoms with Gasteiger partial charge in [-0.05, 0) is 60.3 Å². The van der Waals surface area contributed by atoms with E-state index in [0.717, 1.165) is 48.5 Å². The molecule has 0 N–H and O–H groups in total. The lowest BCUT2D eigenvalue weighted by Crippen LogP contribution is -2.48. The average Bonchev–Trinajstić information content (AvgIpc) is 3.65. The van der Waals surface area contributed by atoms with E-state index in [2.05, 4.69) is 10.2 Å². The largest absolute Gasteiger partial charge is 0.444 e. The van der Waals surface area contributed by atoms with Crippen LogP contribution in [-0.4, -0.2) is 81.4 Å². The second-order valence-corrected chi connectivity index (χ2v) is 19.1. The van der Waals surface area contributed by atoms with Gasteiger partial charge in [-0.25, -0.2) is 48.0 Å². The molecule has 0 bridgehead atoms. The normalized spacial score (nSPS) is 18.9. The molecule has 1 aliphatic heterocycles. The lowest BCUT2D eigenvalue weighted by Gasteiger charge is -2.37. The Kier molecular flexibility index (Phi) is 15.8. The molecule has 2 aromatic heterocycles. The predicted octanol–water partition coefficient (Wildman–Crippen LogP) is 8.28. The number of alkyl halides is 8. The van der Waals surface area contributed by atoms with E-state index in [1.807, 2.05) is 0 Å². The zero-order valence-electron chi connectivity index (χ0n) is 30.1. The van der Waals surface area contributed by atoms with Crippen molar-refractivity contribution in [2.45, 2.75) is 118 Å². The number of nitrogens with zero attached hydrogens (tertiary/aromatic N) is 5. The van der Waals surface area contributed by atoms with Crippen LogP contribution in [0.2, 0.25) is 0 Å². The average molecular weight is 835 g/mol. The highest BCUT2D eigenvalue weighted by atomic mass is 35.5. The first-order valence-corrected chi connectivity index (χ1v) is 20.4. The molecule has 4 rings (SSSR count). The van der Waals surface area contributed by atoms with E-state index in [0.29, 0.717) is 18.9 Å². The molecule has 2 fully saturated rings. The number of sulfone groups is 2. The number of likely N-dealkylation sites (tertiary alicyclic amines) is 1. The van der Waals surface area contributed by atoms with E-state index >= 15 is 8.78 Å². The van der Waals surface area contributed by atoms with E-state index < -0.39 is 87.5 Å². The standard InChI is InChI=1S/C17H26F3N3O4S.C13H19F3N2O2S.CH2Cl2/c1-16(2,3)27-15(24)23-8-6-11(7-9-23)17(4,20)28(25,26)13-10-12(14(18)19)21-22(13)5;1-13(16,9-6-4-3-5-7-9)21(19,20)11-8-10(12(14)15)17-18(11)2;2-1-3/h10-11,14H,6-9H2,1-5H3;8-9,12H,3-7H2,1-2H3;1H2. The first-order chi connectivity index (χ1) is 23.8. The van der Waals surface area contributed by atoms with Crippen LogP contribution in [0.3, 0.4) is 0 Å². The highest BCUT2D eigenvalue weighted by molar-refractivity contribution is 7.92. The van der Waals surface area contributed by atoms with Crippen LogP contribution in [0.15, 0.2) is 22.2 Å². The summed E-state index contributed by atoms with van der Waals surface area (Å²) in [6, 6.07) is 1.47. The Morgan fingerprint density at radius 2 is 1.12 bits per heavy atom. The summed E-state index contributed by atoms with van der Waals surface area (Å²) in [6.45, 7) is 7.43. The van der Waals surface area contributed by atoms with Crippen LogP contribution in [0.5, 0.6) is 0 Å². The molecule has 2 atom stereocenters. The van der Waals surface area contributed by atoms with Crippen LogP contribution in [0.1, 0.15) is 104 Å². The number of rotatable bonds is 8. The summed E-state index contributed by atoms with van der Waals surface area (Å²) in [4.78, 5) is 13.5. The molecule has 52 heavy (non-hydrogen) atoms. The van der Waals surface area contributed by atoms with Crippen LogP contribution in [0, 0.1) is 11.8 Å². The van der Waals surface area contributed by atoms with Gasteiger partial charge in [0.2, 0.25) is 29.7 Å². The van der Waals surface area contributed by atoms with Crippen molar-refractivity contribution in [2.24, 2.45) is 25.9 Å². The molecule has 1 saturated heterocycles. The van der Waals surface area contributed by atoms with Gasteiger partial charge in [0, 0.05) is 51.2 Å². The van der Waals surface area contributed by atoms with Crippen molar-refractivity contribution >= 4 is 49.0 Å². The number of carbonyl (C=O) groups is 1.